The van der Waals surface area contributed by atoms with Crippen LogP contribution in [0.25, 0.3) is 0 Å². The number of nitrogens with zero attached hydrogens (tertiary/aromatic N) is 4. The second kappa shape index (κ2) is 23.2. The van der Waals surface area contributed by atoms with Gasteiger partial charge in [0, 0.05) is 32.6 Å². The third kappa shape index (κ3) is 11.8. The summed E-state index contributed by atoms with van der Waals surface area (Å²) in [4.78, 5) is 93.0. The normalized spacial score (nSPS) is 20.6. The molecule has 13 nitrogen and oxygen atoms in total. The van der Waals surface area contributed by atoms with Crippen molar-refractivity contribution in [3.63, 3.8) is 0 Å². The lowest BCUT2D eigenvalue weighted by Crippen LogP contribution is -2.64. The number of likely N-dealkylation sites (tertiary alicyclic amines) is 3. The van der Waals surface area contributed by atoms with Crippen LogP contribution >= 0.6 is 0 Å². The summed E-state index contributed by atoms with van der Waals surface area (Å²) in [7, 11) is 0. The molecule has 3 aliphatic rings. The van der Waals surface area contributed by atoms with Gasteiger partial charge in [0.15, 0.2) is 0 Å². The van der Waals surface area contributed by atoms with Crippen molar-refractivity contribution < 1.29 is 33.5 Å². The van der Waals surface area contributed by atoms with Crippen LogP contribution in [0.4, 0.5) is 0 Å². The molecular weight excluding hydrogens is 809 g/mol. The van der Waals surface area contributed by atoms with Gasteiger partial charge >= 0.3 is 5.97 Å². The number of rotatable bonds is 18. The maximum atomic E-state index is 15.2. The molecule has 13 heteroatoms. The Morgan fingerprint density at radius 2 is 1.25 bits per heavy atom. The molecule has 6 rings (SSSR count). The smallest absolute Gasteiger partial charge is 0.329 e. The van der Waals surface area contributed by atoms with Crippen LogP contribution in [0.1, 0.15) is 88.3 Å². The second-order valence-corrected chi connectivity index (χ2v) is 17.5. The van der Waals surface area contributed by atoms with E-state index in [9.17, 15) is 24.0 Å². The van der Waals surface area contributed by atoms with Gasteiger partial charge in [0.1, 0.15) is 36.8 Å². The van der Waals surface area contributed by atoms with E-state index in [-0.39, 0.29) is 49.1 Å². The maximum absolute atomic E-state index is 15.2. The summed E-state index contributed by atoms with van der Waals surface area (Å²) in [6, 6.07) is 23.0. The zero-order chi connectivity index (χ0) is 45.6. The molecule has 1 unspecified atom stereocenters. The molecular formula is C51H66N6O7. The van der Waals surface area contributed by atoms with Gasteiger partial charge in [0.05, 0.1) is 6.04 Å². The Labute approximate surface area is 378 Å². The molecule has 3 aromatic carbocycles. The van der Waals surface area contributed by atoms with E-state index in [0.29, 0.717) is 77.4 Å². The average Bonchev–Trinajstić information content (AvgIpc) is 3.84. The van der Waals surface area contributed by atoms with E-state index in [1.807, 2.05) is 105 Å². The molecule has 342 valence electrons. The van der Waals surface area contributed by atoms with Gasteiger partial charge in [-0.2, -0.15) is 0 Å². The quantitative estimate of drug-likeness (QED) is 0.130. The number of hydrogen-bond donors (Lipinski definition) is 2. The van der Waals surface area contributed by atoms with Crippen LogP contribution in [-0.4, -0.2) is 118 Å². The molecule has 0 aromatic heterocycles. The molecule has 5 amide bonds. The summed E-state index contributed by atoms with van der Waals surface area (Å²) in [6.45, 7) is 8.93. The van der Waals surface area contributed by atoms with Crippen LogP contribution in [0.2, 0.25) is 0 Å². The van der Waals surface area contributed by atoms with Crippen LogP contribution in [-0.2, 0) is 53.0 Å². The number of carbonyl (C=O) groups excluding carboxylic acids is 6. The van der Waals surface area contributed by atoms with Crippen LogP contribution in [0.15, 0.2) is 104 Å². The largest absolute Gasteiger partial charge is 0.459 e. The summed E-state index contributed by atoms with van der Waals surface area (Å²) in [5.41, 5.74) is 8.95. The first-order valence-corrected chi connectivity index (χ1v) is 23.2. The van der Waals surface area contributed by atoms with E-state index in [1.54, 1.807) is 20.8 Å². The Balaban J connectivity index is 1.23. The van der Waals surface area contributed by atoms with Crippen LogP contribution < -0.4 is 11.1 Å². The minimum atomic E-state index is -1.00. The second-order valence-electron chi connectivity index (χ2n) is 17.5. The molecule has 0 spiro atoms. The van der Waals surface area contributed by atoms with Crippen LogP contribution in [0.5, 0.6) is 0 Å². The van der Waals surface area contributed by atoms with Crippen molar-refractivity contribution in [3.05, 3.63) is 120 Å². The Morgan fingerprint density at radius 3 is 1.86 bits per heavy atom. The van der Waals surface area contributed by atoms with Crippen molar-refractivity contribution in [2.75, 3.05) is 26.2 Å². The van der Waals surface area contributed by atoms with Crippen molar-refractivity contribution >= 4 is 35.5 Å². The number of nitrogens with one attached hydrogen (secondary N) is 1. The van der Waals surface area contributed by atoms with Gasteiger partial charge in [-0.15, -0.1) is 6.58 Å². The topological polar surface area (TPSA) is 163 Å². The van der Waals surface area contributed by atoms with Crippen LogP contribution in [0.3, 0.4) is 0 Å². The first kappa shape index (κ1) is 47.7. The van der Waals surface area contributed by atoms with Crippen molar-refractivity contribution in [3.8, 4) is 0 Å². The van der Waals surface area contributed by atoms with E-state index >= 15 is 4.79 Å². The SMILES string of the molecule is C=CCN(C(=O)[C@@H]1CCCCN1C(=O)[C@H]1CCCCN1C(=O)[C@@H](NC(=O)[C@H](N)Cc1ccccc1)C(C)CC)[C@H](Cc1ccccc1)C(=O)N1CCC[C@H]1C(=O)OCc1ccccc1. The lowest BCUT2D eigenvalue weighted by atomic mass is 9.92. The Bertz CT molecular complexity index is 2050. The summed E-state index contributed by atoms with van der Waals surface area (Å²) in [5, 5.41) is 2.96. The zero-order valence-corrected chi connectivity index (χ0v) is 37.5. The number of esters is 1. The molecule has 3 aliphatic heterocycles. The molecule has 3 heterocycles. The van der Waals surface area contributed by atoms with E-state index in [0.717, 1.165) is 23.1 Å². The molecule has 0 radical (unpaired) electrons. The minimum Gasteiger partial charge on any atom is -0.459 e. The predicted molar refractivity (Wildman–Crippen MR) is 245 cm³/mol. The molecule has 3 saturated heterocycles. The predicted octanol–water partition coefficient (Wildman–Crippen LogP) is 5.21. The molecule has 3 aromatic rings. The third-order valence-electron chi connectivity index (χ3n) is 13.1. The van der Waals surface area contributed by atoms with Gasteiger partial charge in [-0.1, -0.05) is 117 Å². The first-order chi connectivity index (χ1) is 31.0. The molecule has 3 fully saturated rings. The zero-order valence-electron chi connectivity index (χ0n) is 37.5. The molecule has 0 bridgehead atoms. The van der Waals surface area contributed by atoms with E-state index < -0.39 is 48.1 Å². The van der Waals surface area contributed by atoms with Gasteiger partial charge in [-0.05, 0) is 80.4 Å². The number of carbonyl (C=O) groups is 6. The Hall–Kier alpha value is -5.82. The fourth-order valence-electron chi connectivity index (χ4n) is 9.34. The average molecular weight is 875 g/mol. The summed E-state index contributed by atoms with van der Waals surface area (Å²) < 4.78 is 5.72. The van der Waals surface area contributed by atoms with E-state index in [1.165, 1.54) is 4.90 Å². The number of piperidine rings is 2. The Morgan fingerprint density at radius 1 is 0.719 bits per heavy atom. The van der Waals surface area contributed by atoms with Crippen molar-refractivity contribution in [2.24, 2.45) is 11.7 Å². The van der Waals surface area contributed by atoms with Gasteiger partial charge in [-0.3, -0.25) is 24.0 Å². The number of amides is 5. The van der Waals surface area contributed by atoms with Crippen molar-refractivity contribution in [1.29, 1.82) is 0 Å². The van der Waals surface area contributed by atoms with E-state index in [4.69, 9.17) is 10.5 Å². The van der Waals surface area contributed by atoms with Crippen molar-refractivity contribution in [1.82, 2.24) is 24.9 Å². The fourth-order valence-corrected chi connectivity index (χ4v) is 9.34. The molecule has 0 saturated carbocycles. The molecule has 0 aliphatic carbocycles. The van der Waals surface area contributed by atoms with Gasteiger partial charge in [0.2, 0.25) is 29.5 Å². The summed E-state index contributed by atoms with van der Waals surface area (Å²) in [6.07, 6.45) is 7.32. The lowest BCUT2D eigenvalue weighted by Gasteiger charge is -2.44. The highest BCUT2D eigenvalue weighted by atomic mass is 16.5. The number of hydrogen-bond acceptors (Lipinski definition) is 8. The number of nitrogens with two attached hydrogens (primary N) is 1. The molecule has 64 heavy (non-hydrogen) atoms. The number of benzene rings is 3. The summed E-state index contributed by atoms with van der Waals surface area (Å²) >= 11 is 0. The first-order valence-electron chi connectivity index (χ1n) is 23.2. The highest BCUT2D eigenvalue weighted by Gasteiger charge is 2.46. The minimum absolute atomic E-state index is 0.0360. The van der Waals surface area contributed by atoms with Gasteiger partial charge in [0.25, 0.3) is 0 Å². The fraction of sp³-hybridized carbons (Fsp3) is 0.490. The van der Waals surface area contributed by atoms with Crippen LogP contribution in [0, 0.1) is 5.92 Å². The Kier molecular flexibility index (Phi) is 17.3. The highest BCUT2D eigenvalue weighted by molar-refractivity contribution is 5.97. The highest BCUT2D eigenvalue weighted by Crippen LogP contribution is 2.29. The maximum Gasteiger partial charge on any atom is 0.329 e. The monoisotopic (exact) mass is 874 g/mol. The van der Waals surface area contributed by atoms with Crippen molar-refractivity contribution in [2.45, 2.75) is 127 Å². The standard InChI is InChI=1S/C51H66N6O7/c1-4-29-54(44(34-38-22-11-7-12-23-38)49(61)57-32-19-28-43(57)51(63)64-35-39-24-13-8-14-25-39)47(59)41-26-15-17-30-55(41)48(60)42-27-16-18-31-56(42)50(62)45(36(3)5-2)53-46(58)40(52)33-37-20-9-6-10-21-37/h4,6-14,20-25,36,40-45H,1,5,15-19,26-35,52H2,2-3H3,(H,53,58)/t36?,40-,41+,42-,43+,44-,45+/m1/s1. The lowest BCUT2D eigenvalue weighted by molar-refractivity contribution is -0.160. The van der Waals surface area contributed by atoms with Gasteiger partial charge < -0.3 is 35.4 Å². The number of ether oxygens (including phenoxy) is 1. The molecule has 3 N–H and O–H groups in total. The van der Waals surface area contributed by atoms with E-state index in [2.05, 4.69) is 11.9 Å². The summed E-state index contributed by atoms with van der Waals surface area (Å²) in [5.74, 6) is -2.56. The third-order valence-corrected chi connectivity index (χ3v) is 13.1. The molecule has 7 atom stereocenters. The van der Waals surface area contributed by atoms with Gasteiger partial charge in [-0.25, -0.2) is 4.79 Å².